The highest BCUT2D eigenvalue weighted by Gasteiger charge is 2.36. The molecule has 0 bridgehead atoms. The zero-order valence-corrected chi connectivity index (χ0v) is 35.7. The summed E-state index contributed by atoms with van der Waals surface area (Å²) in [5.41, 5.74) is 16.8. The van der Waals surface area contributed by atoms with Crippen LogP contribution >= 0.6 is 0 Å². The molecule has 0 radical (unpaired) electrons. The van der Waals surface area contributed by atoms with E-state index in [0.717, 1.165) is 111 Å². The number of hydrogen-bond donors (Lipinski definition) is 5. The molecular formula is C47H56N8O7. The molecule has 2 aromatic carbocycles. The Morgan fingerprint density at radius 2 is 1.19 bits per heavy atom. The quantitative estimate of drug-likeness (QED) is 0.104. The van der Waals surface area contributed by atoms with Gasteiger partial charge >= 0.3 is 0 Å². The van der Waals surface area contributed by atoms with E-state index in [1.165, 1.54) is 0 Å². The van der Waals surface area contributed by atoms with Crippen LogP contribution in [0.1, 0.15) is 105 Å². The summed E-state index contributed by atoms with van der Waals surface area (Å²) in [7, 11) is 2.00. The van der Waals surface area contributed by atoms with Crippen LogP contribution in [-0.4, -0.2) is 82.9 Å². The molecule has 2 aliphatic carbocycles. The minimum Gasteiger partial charge on any atom is -0.400 e. The maximum absolute atomic E-state index is 9.73. The third-order valence-electron chi connectivity index (χ3n) is 10.3. The molecule has 6 aromatic rings. The van der Waals surface area contributed by atoms with Crippen molar-refractivity contribution < 1.29 is 33.8 Å². The number of aromatic nitrogens is 6. The highest BCUT2D eigenvalue weighted by molar-refractivity contribution is 5.60. The summed E-state index contributed by atoms with van der Waals surface area (Å²) in [5, 5.41) is 32.1. The lowest BCUT2D eigenvalue weighted by Gasteiger charge is -2.26. The van der Waals surface area contributed by atoms with Gasteiger partial charge in [0.05, 0.1) is 24.2 Å². The molecule has 1 unspecified atom stereocenters. The van der Waals surface area contributed by atoms with Gasteiger partial charge in [0.25, 0.3) is 0 Å². The molecule has 4 aromatic heterocycles. The van der Waals surface area contributed by atoms with Crippen molar-refractivity contribution in [3.63, 3.8) is 0 Å². The van der Waals surface area contributed by atoms with Crippen LogP contribution < -0.4 is 11.5 Å². The fraction of sp³-hybridized carbons (Fsp3) is 0.404. The van der Waals surface area contributed by atoms with E-state index in [-0.39, 0.29) is 23.5 Å². The lowest BCUT2D eigenvalue weighted by Crippen LogP contribution is -2.24. The van der Waals surface area contributed by atoms with Crippen LogP contribution in [0.3, 0.4) is 0 Å². The van der Waals surface area contributed by atoms with Crippen molar-refractivity contribution >= 4 is 0 Å². The van der Waals surface area contributed by atoms with Gasteiger partial charge in [-0.1, -0.05) is 34.0 Å². The lowest BCUT2D eigenvalue weighted by atomic mass is 10.1. The van der Waals surface area contributed by atoms with Gasteiger partial charge in [0.1, 0.15) is 35.2 Å². The third kappa shape index (κ3) is 12.6. The van der Waals surface area contributed by atoms with Crippen LogP contribution in [-0.2, 0) is 22.6 Å². The Bertz CT molecular complexity index is 2430. The van der Waals surface area contributed by atoms with Crippen LogP contribution in [0.2, 0.25) is 0 Å². The van der Waals surface area contributed by atoms with Gasteiger partial charge in [-0.2, -0.15) is 0 Å². The van der Waals surface area contributed by atoms with Crippen LogP contribution in [0, 0.1) is 23.7 Å². The first-order chi connectivity index (χ1) is 30.1. The SMILES string of the molecule is CO.CO.C[C@H](O)c1nccn1Cc1cc(-c2ccc(C#CC3(N)CC3)cc2)on1.C[C@H](OC1CCCCO1)c1nccn1Cc1cc(-c2ccc(C#CC3(N)CC3)cc2)on1. The van der Waals surface area contributed by atoms with Gasteiger partial charge in [-0.25, -0.2) is 9.97 Å². The van der Waals surface area contributed by atoms with Crippen LogP contribution in [0.4, 0.5) is 0 Å². The molecule has 326 valence electrons. The Morgan fingerprint density at radius 3 is 1.63 bits per heavy atom. The van der Waals surface area contributed by atoms with Gasteiger partial charge in [0, 0.05) is 80.0 Å². The van der Waals surface area contributed by atoms with Gasteiger partial charge in [-0.05, 0) is 107 Å². The fourth-order valence-corrected chi connectivity index (χ4v) is 6.48. The number of ether oxygens (including phenoxy) is 2. The first-order valence-corrected chi connectivity index (χ1v) is 20.7. The number of aliphatic hydroxyl groups excluding tert-OH is 3. The second-order valence-electron chi connectivity index (χ2n) is 15.4. The van der Waals surface area contributed by atoms with Crippen molar-refractivity contribution in [2.75, 3.05) is 20.8 Å². The van der Waals surface area contributed by atoms with Crippen molar-refractivity contribution in [1.29, 1.82) is 0 Å². The summed E-state index contributed by atoms with van der Waals surface area (Å²) in [6, 6.07) is 19.6. The third-order valence-corrected chi connectivity index (χ3v) is 10.3. The Labute approximate surface area is 362 Å². The molecule has 1 aliphatic heterocycles. The second kappa shape index (κ2) is 21.3. The van der Waals surface area contributed by atoms with E-state index in [1.54, 1.807) is 19.3 Å². The number of rotatable bonds is 10. The van der Waals surface area contributed by atoms with Crippen LogP contribution in [0.25, 0.3) is 22.6 Å². The van der Waals surface area contributed by atoms with Gasteiger partial charge in [0.15, 0.2) is 17.8 Å². The molecular weight excluding hydrogens is 789 g/mol. The zero-order chi connectivity index (χ0) is 44.1. The summed E-state index contributed by atoms with van der Waals surface area (Å²) < 4.78 is 26.7. The van der Waals surface area contributed by atoms with E-state index in [9.17, 15) is 5.11 Å². The van der Waals surface area contributed by atoms with Crippen molar-refractivity contribution in [2.45, 2.75) is 101 Å². The molecule has 3 aliphatic rings. The summed E-state index contributed by atoms with van der Waals surface area (Å²) >= 11 is 0. The van der Waals surface area contributed by atoms with Crippen molar-refractivity contribution in [2.24, 2.45) is 11.5 Å². The average Bonchev–Trinajstić information content (AvgIpc) is 3.78. The van der Waals surface area contributed by atoms with Crippen molar-refractivity contribution in [1.82, 2.24) is 29.4 Å². The molecule has 62 heavy (non-hydrogen) atoms. The second-order valence-corrected chi connectivity index (χ2v) is 15.4. The molecule has 1 saturated heterocycles. The summed E-state index contributed by atoms with van der Waals surface area (Å²) in [5.74, 6) is 15.4. The highest BCUT2D eigenvalue weighted by atomic mass is 16.7. The molecule has 15 nitrogen and oxygen atoms in total. The number of nitrogens with two attached hydrogens (primary N) is 2. The van der Waals surface area contributed by atoms with Gasteiger partial charge in [-0.15, -0.1) is 0 Å². The lowest BCUT2D eigenvalue weighted by molar-refractivity contribution is -0.188. The normalized spacial score (nSPS) is 17.4. The molecule has 9 rings (SSSR count). The van der Waals surface area contributed by atoms with E-state index >= 15 is 0 Å². The fourth-order valence-electron chi connectivity index (χ4n) is 6.48. The molecule has 15 heteroatoms. The Balaban J connectivity index is 0.000000195. The minimum absolute atomic E-state index is 0.158. The number of imidazole rings is 2. The monoisotopic (exact) mass is 844 g/mol. The maximum atomic E-state index is 9.73. The first kappa shape index (κ1) is 45.6. The molecule has 3 atom stereocenters. The summed E-state index contributed by atoms with van der Waals surface area (Å²) in [6.07, 6.45) is 13.3. The summed E-state index contributed by atoms with van der Waals surface area (Å²) in [6.45, 7) is 5.50. The van der Waals surface area contributed by atoms with Gasteiger partial charge < -0.3 is 54.4 Å². The van der Waals surface area contributed by atoms with E-state index < -0.39 is 6.10 Å². The standard InChI is InChI=1S/C25H28N4O3.C20H20N4O2.2CH4O/c1-18(31-23-4-2-3-15-30-23)24-27-13-14-29(24)17-21-16-22(32-28-21)20-7-5-19(6-8-20)9-10-25(26)11-12-25;1-14(25)19-22-10-11-24(19)13-17-12-18(26-23-17)16-4-2-15(3-5-16)6-7-20(21)8-9-20;2*1-2/h5-8,13-14,16,18,23H,2-4,11-12,15,17,26H2,1H3;2-5,10-12,14,25H,8-9,13,21H2,1H3;2*2H,1H3/t18-,23?;14-;;/m00../s1. The number of nitrogens with zero attached hydrogens (tertiary/aromatic N) is 6. The first-order valence-electron chi connectivity index (χ1n) is 20.7. The number of aliphatic hydroxyl groups is 3. The van der Waals surface area contributed by atoms with Crippen LogP contribution in [0.5, 0.6) is 0 Å². The molecule has 0 amide bonds. The predicted molar refractivity (Wildman–Crippen MR) is 233 cm³/mol. The maximum Gasteiger partial charge on any atom is 0.167 e. The largest absolute Gasteiger partial charge is 0.400 e. The van der Waals surface area contributed by atoms with E-state index in [0.29, 0.717) is 24.7 Å². The van der Waals surface area contributed by atoms with Crippen LogP contribution in [0.15, 0.2) is 94.5 Å². The number of hydrogen-bond acceptors (Lipinski definition) is 13. The molecule has 2 saturated carbocycles. The van der Waals surface area contributed by atoms with E-state index in [4.69, 9.17) is 40.2 Å². The Kier molecular flexibility index (Phi) is 15.7. The Morgan fingerprint density at radius 1 is 0.726 bits per heavy atom. The van der Waals surface area contributed by atoms with E-state index in [2.05, 4.69) is 44.0 Å². The smallest absolute Gasteiger partial charge is 0.167 e. The highest BCUT2D eigenvalue weighted by Crippen LogP contribution is 2.32. The summed E-state index contributed by atoms with van der Waals surface area (Å²) in [4.78, 5) is 8.65. The topological polar surface area (TPSA) is 219 Å². The Hall–Kier alpha value is -5.88. The zero-order valence-electron chi connectivity index (χ0n) is 35.7. The predicted octanol–water partition coefficient (Wildman–Crippen LogP) is 5.73. The van der Waals surface area contributed by atoms with Crippen molar-refractivity contribution in [3.8, 4) is 46.3 Å². The molecule has 3 fully saturated rings. The minimum atomic E-state index is -0.631. The molecule has 0 spiro atoms. The van der Waals surface area contributed by atoms with Gasteiger partial charge in [-0.3, -0.25) is 0 Å². The van der Waals surface area contributed by atoms with E-state index in [1.807, 2.05) is 89.1 Å². The molecule has 5 heterocycles. The number of benzene rings is 2. The van der Waals surface area contributed by atoms with Gasteiger partial charge in [0.2, 0.25) is 0 Å². The average molecular weight is 845 g/mol. The van der Waals surface area contributed by atoms with Crippen molar-refractivity contribution in [3.05, 3.63) is 120 Å². The molecule has 7 N–H and O–H groups in total.